The standard InChI is InChI=1S/C20H23NO2/c1-3-13-23-20-8-6-5-7-19(20)15-21-14-17-9-11-18(12-10-17)16-22-4-2/h1,5-12,21H,4,13-16H2,2H3. The molecule has 0 spiro atoms. The first-order valence-electron chi connectivity index (χ1n) is 7.84. The highest BCUT2D eigenvalue weighted by Gasteiger charge is 2.02. The maximum absolute atomic E-state index is 5.55. The Hall–Kier alpha value is -2.28. The third-order valence-electron chi connectivity index (χ3n) is 3.42. The summed E-state index contributed by atoms with van der Waals surface area (Å²) in [6.07, 6.45) is 5.25. The zero-order chi connectivity index (χ0) is 16.3. The summed E-state index contributed by atoms with van der Waals surface area (Å²) in [5.74, 6) is 3.33. The minimum absolute atomic E-state index is 0.290. The lowest BCUT2D eigenvalue weighted by Crippen LogP contribution is -2.13. The minimum atomic E-state index is 0.290. The van der Waals surface area contributed by atoms with Crippen molar-refractivity contribution in [2.75, 3.05) is 13.2 Å². The first kappa shape index (κ1) is 17.1. The molecule has 0 saturated heterocycles. The van der Waals surface area contributed by atoms with Crippen LogP contribution in [0.3, 0.4) is 0 Å². The summed E-state index contributed by atoms with van der Waals surface area (Å²) < 4.78 is 11.0. The van der Waals surface area contributed by atoms with Crippen LogP contribution in [-0.4, -0.2) is 13.2 Å². The van der Waals surface area contributed by atoms with Crippen LogP contribution in [0.1, 0.15) is 23.6 Å². The van der Waals surface area contributed by atoms with E-state index in [4.69, 9.17) is 15.9 Å². The fourth-order valence-electron chi connectivity index (χ4n) is 2.22. The van der Waals surface area contributed by atoms with Gasteiger partial charge < -0.3 is 14.8 Å². The number of rotatable bonds is 9. The van der Waals surface area contributed by atoms with Gasteiger partial charge in [-0.3, -0.25) is 0 Å². The van der Waals surface area contributed by atoms with Gasteiger partial charge in [0.15, 0.2) is 0 Å². The van der Waals surface area contributed by atoms with Gasteiger partial charge >= 0.3 is 0 Å². The number of nitrogens with one attached hydrogen (secondary N) is 1. The second-order valence-corrected chi connectivity index (χ2v) is 5.16. The van der Waals surface area contributed by atoms with Gasteiger partial charge in [0.05, 0.1) is 6.61 Å². The zero-order valence-corrected chi connectivity index (χ0v) is 13.5. The number of ether oxygens (including phenoxy) is 2. The maximum atomic E-state index is 5.55. The molecule has 0 amide bonds. The lowest BCUT2D eigenvalue weighted by molar-refractivity contribution is 0.134. The zero-order valence-electron chi connectivity index (χ0n) is 13.5. The third-order valence-corrected chi connectivity index (χ3v) is 3.42. The molecule has 0 saturated carbocycles. The average Bonchev–Trinajstić information content (AvgIpc) is 2.60. The Morgan fingerprint density at radius 2 is 1.74 bits per heavy atom. The molecule has 2 rings (SSSR count). The summed E-state index contributed by atoms with van der Waals surface area (Å²) in [7, 11) is 0. The van der Waals surface area contributed by atoms with Gasteiger partial charge in [0.25, 0.3) is 0 Å². The van der Waals surface area contributed by atoms with E-state index in [1.807, 2.05) is 31.2 Å². The highest BCUT2D eigenvalue weighted by Crippen LogP contribution is 2.17. The van der Waals surface area contributed by atoms with Gasteiger partial charge in [-0.2, -0.15) is 0 Å². The van der Waals surface area contributed by atoms with Crippen molar-refractivity contribution in [3.8, 4) is 18.1 Å². The first-order valence-corrected chi connectivity index (χ1v) is 7.84. The molecular formula is C20H23NO2. The summed E-state index contributed by atoms with van der Waals surface area (Å²) >= 11 is 0. The molecular weight excluding hydrogens is 286 g/mol. The minimum Gasteiger partial charge on any atom is -0.481 e. The van der Waals surface area contributed by atoms with E-state index in [-0.39, 0.29) is 6.61 Å². The van der Waals surface area contributed by atoms with Gasteiger partial charge in [-0.25, -0.2) is 0 Å². The van der Waals surface area contributed by atoms with E-state index in [0.717, 1.165) is 31.0 Å². The Bertz CT molecular complexity index is 629. The molecule has 0 atom stereocenters. The molecule has 0 fully saturated rings. The fraction of sp³-hybridized carbons (Fsp3) is 0.300. The van der Waals surface area contributed by atoms with Gasteiger partial charge in [0, 0.05) is 25.3 Å². The summed E-state index contributed by atoms with van der Waals surface area (Å²) in [5, 5.41) is 3.43. The van der Waals surface area contributed by atoms with Gasteiger partial charge in [-0.15, -0.1) is 6.42 Å². The van der Waals surface area contributed by atoms with Gasteiger partial charge in [0.1, 0.15) is 12.4 Å². The maximum Gasteiger partial charge on any atom is 0.148 e. The van der Waals surface area contributed by atoms with Gasteiger partial charge in [-0.1, -0.05) is 48.4 Å². The number of terminal acetylenes is 1. The first-order chi connectivity index (χ1) is 11.3. The molecule has 0 unspecified atom stereocenters. The van der Waals surface area contributed by atoms with Crippen LogP contribution in [0.2, 0.25) is 0 Å². The van der Waals surface area contributed by atoms with E-state index in [2.05, 4.69) is 35.5 Å². The van der Waals surface area contributed by atoms with Crippen LogP contribution in [0.15, 0.2) is 48.5 Å². The van der Waals surface area contributed by atoms with Crippen LogP contribution in [0.5, 0.6) is 5.75 Å². The Balaban J connectivity index is 1.84. The molecule has 1 N–H and O–H groups in total. The molecule has 120 valence electrons. The molecule has 0 heterocycles. The van der Waals surface area contributed by atoms with Crippen molar-refractivity contribution < 1.29 is 9.47 Å². The highest BCUT2D eigenvalue weighted by molar-refractivity contribution is 5.33. The van der Waals surface area contributed by atoms with Crippen molar-refractivity contribution in [3.05, 3.63) is 65.2 Å². The van der Waals surface area contributed by atoms with E-state index in [1.54, 1.807) is 0 Å². The predicted octanol–water partition coefficient (Wildman–Crippen LogP) is 3.52. The van der Waals surface area contributed by atoms with E-state index >= 15 is 0 Å². The van der Waals surface area contributed by atoms with Gasteiger partial charge in [-0.05, 0) is 24.1 Å². The van der Waals surface area contributed by atoms with Crippen molar-refractivity contribution in [2.45, 2.75) is 26.6 Å². The van der Waals surface area contributed by atoms with E-state index in [1.165, 1.54) is 11.1 Å². The van der Waals surface area contributed by atoms with Crippen LogP contribution in [-0.2, 0) is 24.4 Å². The summed E-state index contributed by atoms with van der Waals surface area (Å²) in [6, 6.07) is 16.4. The molecule has 0 aliphatic heterocycles. The lowest BCUT2D eigenvalue weighted by Gasteiger charge is -2.11. The lowest BCUT2D eigenvalue weighted by atomic mass is 10.1. The topological polar surface area (TPSA) is 30.5 Å². The summed E-state index contributed by atoms with van der Waals surface area (Å²) in [5.41, 5.74) is 3.55. The largest absolute Gasteiger partial charge is 0.481 e. The summed E-state index contributed by atoms with van der Waals surface area (Å²) in [4.78, 5) is 0. The normalized spacial score (nSPS) is 10.3. The highest BCUT2D eigenvalue weighted by atomic mass is 16.5. The molecule has 2 aromatic rings. The molecule has 23 heavy (non-hydrogen) atoms. The number of hydrogen-bond donors (Lipinski definition) is 1. The number of para-hydroxylation sites is 1. The van der Waals surface area contributed by atoms with E-state index < -0.39 is 0 Å². The average molecular weight is 309 g/mol. The van der Waals surface area contributed by atoms with E-state index in [9.17, 15) is 0 Å². The second-order valence-electron chi connectivity index (χ2n) is 5.16. The number of hydrogen-bond acceptors (Lipinski definition) is 3. The Kier molecular flexibility index (Phi) is 7.19. The van der Waals surface area contributed by atoms with Crippen LogP contribution in [0.4, 0.5) is 0 Å². The van der Waals surface area contributed by atoms with Crippen LogP contribution in [0.25, 0.3) is 0 Å². The Morgan fingerprint density at radius 3 is 2.48 bits per heavy atom. The van der Waals surface area contributed by atoms with Crippen molar-refractivity contribution in [1.29, 1.82) is 0 Å². The third kappa shape index (κ3) is 5.78. The number of benzene rings is 2. The quantitative estimate of drug-likeness (QED) is 0.719. The molecule has 0 bridgehead atoms. The smallest absolute Gasteiger partial charge is 0.148 e. The second kappa shape index (κ2) is 9.68. The van der Waals surface area contributed by atoms with Crippen LogP contribution in [0, 0.1) is 12.3 Å². The Labute approximate surface area is 138 Å². The molecule has 2 aromatic carbocycles. The molecule has 0 aliphatic rings. The fourth-order valence-corrected chi connectivity index (χ4v) is 2.22. The van der Waals surface area contributed by atoms with E-state index in [0.29, 0.717) is 6.61 Å². The van der Waals surface area contributed by atoms with Crippen molar-refractivity contribution >= 4 is 0 Å². The van der Waals surface area contributed by atoms with Crippen molar-refractivity contribution in [2.24, 2.45) is 0 Å². The molecule has 0 aliphatic carbocycles. The van der Waals surface area contributed by atoms with Gasteiger partial charge in [0.2, 0.25) is 0 Å². The monoisotopic (exact) mass is 309 g/mol. The van der Waals surface area contributed by atoms with Crippen molar-refractivity contribution in [3.63, 3.8) is 0 Å². The van der Waals surface area contributed by atoms with Crippen LogP contribution >= 0.6 is 0 Å². The molecule has 0 radical (unpaired) electrons. The molecule has 0 aromatic heterocycles. The summed E-state index contributed by atoms with van der Waals surface area (Å²) in [6.45, 7) is 5.25. The van der Waals surface area contributed by atoms with Crippen molar-refractivity contribution in [1.82, 2.24) is 5.32 Å². The predicted molar refractivity (Wildman–Crippen MR) is 93.1 cm³/mol. The SMILES string of the molecule is C#CCOc1ccccc1CNCc1ccc(COCC)cc1. The Morgan fingerprint density at radius 1 is 1.00 bits per heavy atom. The molecule has 3 nitrogen and oxygen atoms in total. The van der Waals surface area contributed by atoms with Crippen LogP contribution < -0.4 is 10.1 Å². The molecule has 3 heteroatoms.